The van der Waals surface area contributed by atoms with Gasteiger partial charge in [0.2, 0.25) is 5.88 Å². The number of nitrogens with one attached hydrogen (secondary N) is 2. The zero-order valence-corrected chi connectivity index (χ0v) is 21.3. The van der Waals surface area contributed by atoms with Crippen LogP contribution in [0, 0.1) is 5.41 Å². The van der Waals surface area contributed by atoms with Crippen LogP contribution in [0.2, 0.25) is 0 Å². The molecule has 0 unspecified atom stereocenters. The highest BCUT2D eigenvalue weighted by Gasteiger charge is 2.68. The van der Waals surface area contributed by atoms with E-state index in [4.69, 9.17) is 9.84 Å². The van der Waals surface area contributed by atoms with Gasteiger partial charge in [-0.25, -0.2) is 14.1 Å². The molecule has 0 saturated heterocycles. The molecule has 0 spiro atoms. The Morgan fingerprint density at radius 1 is 1.10 bits per heavy atom. The normalized spacial score (nSPS) is 22.8. The van der Waals surface area contributed by atoms with Crippen molar-refractivity contribution in [3.63, 3.8) is 0 Å². The lowest BCUT2D eigenvalue weighted by molar-refractivity contribution is -0.209. The molecule has 196 valence electrons. The summed E-state index contributed by atoms with van der Waals surface area (Å²) in [7, 11) is 0. The molecule has 3 fully saturated rings. The number of hydrogen-bond donors (Lipinski definition) is 2. The second kappa shape index (κ2) is 8.34. The molecule has 10 heteroatoms. The number of alkyl halides is 1. The van der Waals surface area contributed by atoms with Crippen LogP contribution in [0.4, 0.5) is 10.1 Å². The van der Waals surface area contributed by atoms with E-state index in [0.29, 0.717) is 24.9 Å². The molecule has 9 rings (SSSR count). The summed E-state index contributed by atoms with van der Waals surface area (Å²) in [4.78, 5) is 16.9. The molecule has 1 aliphatic heterocycles. The number of hydrogen-bond acceptors (Lipinski definition) is 6. The Morgan fingerprint density at radius 2 is 2.03 bits per heavy atom. The molecule has 2 bridgehead atoms. The first-order chi connectivity index (χ1) is 19.0. The number of nitrogens with zero attached hydrogens (tertiary/aromatic N) is 6. The number of aromatic amines is 1. The summed E-state index contributed by atoms with van der Waals surface area (Å²) in [5, 5.41) is 9.41. The van der Waals surface area contributed by atoms with Gasteiger partial charge in [-0.2, -0.15) is 5.10 Å². The van der Waals surface area contributed by atoms with Crippen molar-refractivity contribution >= 4 is 22.8 Å². The van der Waals surface area contributed by atoms with Gasteiger partial charge < -0.3 is 15.0 Å². The van der Waals surface area contributed by atoms with Crippen LogP contribution in [0.5, 0.6) is 5.88 Å². The molecule has 3 aliphatic carbocycles. The van der Waals surface area contributed by atoms with Gasteiger partial charge in [0.05, 0.1) is 18.4 Å². The predicted octanol–water partition coefficient (Wildman–Crippen LogP) is 4.74. The van der Waals surface area contributed by atoms with Crippen LogP contribution < -0.4 is 10.1 Å². The van der Waals surface area contributed by atoms with E-state index in [0.717, 1.165) is 66.1 Å². The van der Waals surface area contributed by atoms with E-state index >= 15 is 0 Å². The zero-order valence-electron chi connectivity index (χ0n) is 21.3. The first-order valence-corrected chi connectivity index (χ1v) is 13.3. The molecule has 0 radical (unpaired) electrons. The minimum absolute atomic E-state index is 0.215. The molecule has 5 aromatic rings. The largest absolute Gasteiger partial charge is 0.471 e. The summed E-state index contributed by atoms with van der Waals surface area (Å²) >= 11 is 0. The maximum Gasteiger partial charge on any atom is 0.225 e. The van der Waals surface area contributed by atoms with Crippen molar-refractivity contribution in [3.8, 4) is 23.0 Å². The Morgan fingerprint density at radius 3 is 2.92 bits per heavy atom. The summed E-state index contributed by atoms with van der Waals surface area (Å²) in [6, 6.07) is 12.5. The lowest BCUT2D eigenvalue weighted by Gasteiger charge is -2.66. The Kier molecular flexibility index (Phi) is 4.85. The first-order valence-electron chi connectivity index (χ1n) is 13.3. The van der Waals surface area contributed by atoms with Crippen LogP contribution in [0.3, 0.4) is 0 Å². The summed E-state index contributed by atoms with van der Waals surface area (Å²) in [6.07, 6.45) is 11.2. The van der Waals surface area contributed by atoms with Gasteiger partial charge in [0.1, 0.15) is 24.3 Å². The Hall–Kier alpha value is -4.31. The van der Waals surface area contributed by atoms with E-state index in [1.165, 1.54) is 5.39 Å². The van der Waals surface area contributed by atoms with Crippen LogP contribution in [0.1, 0.15) is 30.5 Å². The fourth-order valence-electron chi connectivity index (χ4n) is 6.41. The Balaban J connectivity index is 0.954. The van der Waals surface area contributed by atoms with Crippen molar-refractivity contribution < 1.29 is 9.13 Å². The number of fused-ring (bicyclic) bond motifs is 2. The summed E-state index contributed by atoms with van der Waals surface area (Å²) in [5.74, 6) is 1.32. The third-order valence-corrected chi connectivity index (χ3v) is 8.12. The van der Waals surface area contributed by atoms with Crippen molar-refractivity contribution in [3.05, 3.63) is 72.6 Å². The molecule has 3 saturated carbocycles. The van der Waals surface area contributed by atoms with Gasteiger partial charge in [-0.05, 0) is 59.9 Å². The van der Waals surface area contributed by atoms with Gasteiger partial charge in [0.25, 0.3) is 0 Å². The fourth-order valence-corrected chi connectivity index (χ4v) is 6.41. The van der Waals surface area contributed by atoms with E-state index in [1.54, 1.807) is 24.9 Å². The van der Waals surface area contributed by atoms with Gasteiger partial charge >= 0.3 is 0 Å². The number of halogens is 1. The molecule has 1 aromatic carbocycles. The zero-order chi connectivity index (χ0) is 26.0. The van der Waals surface area contributed by atoms with Crippen molar-refractivity contribution in [2.24, 2.45) is 10.4 Å². The van der Waals surface area contributed by atoms with Crippen LogP contribution in [-0.2, 0) is 13.1 Å². The molecule has 0 atom stereocenters. The maximum atomic E-state index is 13.8. The number of H-pyrrole nitrogens is 1. The molecular weight excluding hydrogens is 495 g/mol. The molecule has 2 N–H and O–H groups in total. The van der Waals surface area contributed by atoms with Gasteiger partial charge in [-0.15, -0.1) is 0 Å². The van der Waals surface area contributed by atoms with E-state index < -0.39 is 5.67 Å². The molecule has 4 aliphatic rings. The number of aliphatic imine (C=N–C) groups is 1. The average molecular weight is 523 g/mol. The molecule has 4 aromatic heterocycles. The number of ether oxygens (including phenoxy) is 1. The Labute approximate surface area is 223 Å². The van der Waals surface area contributed by atoms with Gasteiger partial charge in [-0.1, -0.05) is 12.1 Å². The van der Waals surface area contributed by atoms with Gasteiger partial charge in [0, 0.05) is 48.5 Å². The number of aromatic nitrogens is 6. The second-order valence-electron chi connectivity index (χ2n) is 11.2. The minimum Gasteiger partial charge on any atom is -0.471 e. The van der Waals surface area contributed by atoms with Gasteiger partial charge in [-0.3, -0.25) is 14.5 Å². The summed E-state index contributed by atoms with van der Waals surface area (Å²) < 4.78 is 23.3. The molecule has 0 amide bonds. The van der Waals surface area contributed by atoms with E-state index in [2.05, 4.69) is 49.5 Å². The average Bonchev–Trinajstić information content (AvgIpc) is 3.65. The Bertz CT molecular complexity index is 1730. The van der Waals surface area contributed by atoms with Crippen LogP contribution >= 0.6 is 0 Å². The number of rotatable bonds is 8. The molecular formula is C29H27FN8O. The van der Waals surface area contributed by atoms with E-state index in [1.807, 2.05) is 27.6 Å². The summed E-state index contributed by atoms with van der Waals surface area (Å²) in [6.45, 7) is 2.70. The van der Waals surface area contributed by atoms with Crippen molar-refractivity contribution in [1.82, 2.24) is 34.6 Å². The maximum absolute atomic E-state index is 13.8. The van der Waals surface area contributed by atoms with Crippen molar-refractivity contribution in [2.75, 3.05) is 13.2 Å². The SMILES string of the molecule is FC12CC(CNCc3cc4ccc(Cn5cnc(-c6cncc(-n7ccc8c7OCC=N8)c6)n5)cc4[nH]3)(C1)C2. The quantitative estimate of drug-likeness (QED) is 0.307. The van der Waals surface area contributed by atoms with Crippen molar-refractivity contribution in [1.29, 1.82) is 0 Å². The van der Waals surface area contributed by atoms with Crippen LogP contribution in [0.15, 0.2) is 66.3 Å². The number of benzene rings is 1. The first kappa shape index (κ1) is 22.7. The lowest BCUT2D eigenvalue weighted by Crippen LogP contribution is -2.67. The van der Waals surface area contributed by atoms with E-state index in [-0.39, 0.29) is 5.41 Å². The standard InChI is InChI=1S/C29H27FN8O/c30-29-14-28(15-29,16-29)17-32-11-22-8-20-2-1-19(7-25(20)35-22)13-37-18-34-26(36-37)21-9-23(12-31-10-21)38-5-3-24-27(38)39-6-4-33-24/h1-5,7-10,12,18,32,35H,6,11,13-17H2. The van der Waals surface area contributed by atoms with Gasteiger partial charge in [0.15, 0.2) is 5.82 Å². The molecule has 9 nitrogen and oxygen atoms in total. The highest BCUT2D eigenvalue weighted by molar-refractivity contribution is 5.81. The van der Waals surface area contributed by atoms with Crippen molar-refractivity contribution in [2.45, 2.75) is 38.0 Å². The monoisotopic (exact) mass is 522 g/mol. The third-order valence-electron chi connectivity index (χ3n) is 8.12. The topological polar surface area (TPSA) is 97.9 Å². The summed E-state index contributed by atoms with van der Waals surface area (Å²) in [5.41, 5.74) is 5.23. The smallest absolute Gasteiger partial charge is 0.225 e. The van der Waals surface area contributed by atoms with Crippen LogP contribution in [-0.4, -0.2) is 54.3 Å². The third kappa shape index (κ3) is 3.94. The number of pyridine rings is 1. The predicted molar refractivity (Wildman–Crippen MR) is 145 cm³/mol. The molecule has 5 heterocycles. The highest BCUT2D eigenvalue weighted by Crippen LogP contribution is 2.69. The van der Waals surface area contributed by atoms with E-state index in [9.17, 15) is 4.39 Å². The lowest BCUT2D eigenvalue weighted by atomic mass is 9.42. The highest BCUT2D eigenvalue weighted by atomic mass is 19.1. The van der Waals surface area contributed by atoms with Crippen LogP contribution in [0.25, 0.3) is 28.0 Å². The minimum atomic E-state index is -0.835. The second-order valence-corrected chi connectivity index (χ2v) is 11.2. The fraction of sp³-hybridized carbons (Fsp3) is 0.310. The molecule has 39 heavy (non-hydrogen) atoms.